The number of carbonyl (C=O) groups excluding carboxylic acids is 1. The quantitative estimate of drug-likeness (QED) is 0.753. The van der Waals surface area contributed by atoms with Gasteiger partial charge in [-0.2, -0.15) is 0 Å². The van der Waals surface area contributed by atoms with E-state index in [1.54, 1.807) is 18.5 Å². The average molecular weight is 200 g/mol. The standard InChI is InChI=1S/C11H8N2O2/c12-11(14)6-3-7-8-5-13-2-1-9(8)15-10(7)4-6/h1-3,5H,4H2,(H2,12,14). The molecule has 0 unspecified atom stereocenters. The van der Waals surface area contributed by atoms with Crippen LogP contribution in [0.1, 0.15) is 11.3 Å². The number of aromatic nitrogens is 1. The zero-order chi connectivity index (χ0) is 10.4. The van der Waals surface area contributed by atoms with Gasteiger partial charge in [-0.3, -0.25) is 9.78 Å². The van der Waals surface area contributed by atoms with Crippen LogP contribution in [0.2, 0.25) is 0 Å². The lowest BCUT2D eigenvalue weighted by Crippen LogP contribution is -2.13. The van der Waals surface area contributed by atoms with Crippen LogP contribution in [-0.4, -0.2) is 10.9 Å². The number of primary amides is 1. The molecule has 2 aromatic heterocycles. The van der Waals surface area contributed by atoms with Crippen molar-refractivity contribution >= 4 is 23.0 Å². The van der Waals surface area contributed by atoms with Crippen molar-refractivity contribution in [3.63, 3.8) is 0 Å². The summed E-state index contributed by atoms with van der Waals surface area (Å²) in [6, 6.07) is 1.81. The minimum absolute atomic E-state index is 0.390. The van der Waals surface area contributed by atoms with Crippen molar-refractivity contribution in [1.82, 2.24) is 4.98 Å². The van der Waals surface area contributed by atoms with Crippen LogP contribution >= 0.6 is 0 Å². The van der Waals surface area contributed by atoms with Crippen molar-refractivity contribution in [2.24, 2.45) is 5.73 Å². The van der Waals surface area contributed by atoms with E-state index in [1.807, 2.05) is 6.07 Å². The summed E-state index contributed by atoms with van der Waals surface area (Å²) in [4.78, 5) is 15.0. The van der Waals surface area contributed by atoms with Crippen LogP contribution in [0.4, 0.5) is 0 Å². The molecule has 4 nitrogen and oxygen atoms in total. The Balaban J connectivity index is 2.25. The molecule has 0 saturated carbocycles. The molecule has 2 N–H and O–H groups in total. The van der Waals surface area contributed by atoms with Gasteiger partial charge in [0.1, 0.15) is 11.3 Å². The number of nitrogens with two attached hydrogens (primary N) is 1. The Labute approximate surface area is 85.4 Å². The van der Waals surface area contributed by atoms with Crippen molar-refractivity contribution in [3.05, 3.63) is 35.4 Å². The first kappa shape index (κ1) is 8.23. The van der Waals surface area contributed by atoms with Gasteiger partial charge in [0, 0.05) is 35.3 Å². The zero-order valence-corrected chi connectivity index (χ0v) is 7.86. The summed E-state index contributed by atoms with van der Waals surface area (Å²) in [5.74, 6) is 0.408. The Kier molecular flexibility index (Phi) is 1.48. The summed E-state index contributed by atoms with van der Waals surface area (Å²) < 4.78 is 5.59. The Morgan fingerprint density at radius 3 is 3.20 bits per heavy atom. The maximum absolute atomic E-state index is 11.0. The summed E-state index contributed by atoms with van der Waals surface area (Å²) in [5.41, 5.74) is 7.55. The second-order valence-electron chi connectivity index (χ2n) is 3.52. The van der Waals surface area contributed by atoms with Crippen LogP contribution in [0.5, 0.6) is 0 Å². The summed E-state index contributed by atoms with van der Waals surface area (Å²) >= 11 is 0. The van der Waals surface area contributed by atoms with Gasteiger partial charge in [0.05, 0.1) is 0 Å². The van der Waals surface area contributed by atoms with Gasteiger partial charge in [0.25, 0.3) is 0 Å². The molecule has 1 aliphatic rings. The highest BCUT2D eigenvalue weighted by Gasteiger charge is 2.22. The normalized spacial score (nSPS) is 14.0. The van der Waals surface area contributed by atoms with Gasteiger partial charge in [-0.15, -0.1) is 0 Å². The minimum atomic E-state index is -0.390. The molecule has 2 aromatic rings. The lowest BCUT2D eigenvalue weighted by Gasteiger charge is -1.92. The number of fused-ring (bicyclic) bond motifs is 3. The lowest BCUT2D eigenvalue weighted by molar-refractivity contribution is -0.114. The molecule has 0 aromatic carbocycles. The molecule has 0 radical (unpaired) electrons. The van der Waals surface area contributed by atoms with Gasteiger partial charge >= 0.3 is 0 Å². The molecule has 0 saturated heterocycles. The summed E-state index contributed by atoms with van der Waals surface area (Å²) in [6.07, 6.45) is 5.68. The maximum atomic E-state index is 11.0. The Morgan fingerprint density at radius 1 is 1.53 bits per heavy atom. The average Bonchev–Trinajstić information content (AvgIpc) is 2.73. The van der Waals surface area contributed by atoms with E-state index in [-0.39, 0.29) is 0 Å². The van der Waals surface area contributed by atoms with Gasteiger partial charge in [-0.1, -0.05) is 0 Å². The molecule has 0 spiro atoms. The van der Waals surface area contributed by atoms with Crippen LogP contribution < -0.4 is 5.73 Å². The topological polar surface area (TPSA) is 69.1 Å². The van der Waals surface area contributed by atoms with Gasteiger partial charge in [-0.05, 0) is 12.1 Å². The Bertz CT molecular complexity index is 596. The fourth-order valence-electron chi connectivity index (χ4n) is 1.86. The molecule has 0 atom stereocenters. The fraction of sp³-hybridized carbons (Fsp3) is 0.0909. The molecule has 15 heavy (non-hydrogen) atoms. The van der Waals surface area contributed by atoms with E-state index in [0.29, 0.717) is 12.0 Å². The highest BCUT2D eigenvalue weighted by Crippen LogP contribution is 2.33. The van der Waals surface area contributed by atoms with E-state index in [0.717, 1.165) is 22.3 Å². The molecule has 0 bridgehead atoms. The van der Waals surface area contributed by atoms with E-state index in [1.165, 1.54) is 0 Å². The van der Waals surface area contributed by atoms with Crippen molar-refractivity contribution in [2.45, 2.75) is 6.42 Å². The maximum Gasteiger partial charge on any atom is 0.245 e. The smallest absolute Gasteiger partial charge is 0.245 e. The third kappa shape index (κ3) is 1.08. The zero-order valence-electron chi connectivity index (χ0n) is 7.86. The van der Waals surface area contributed by atoms with Crippen molar-refractivity contribution < 1.29 is 9.21 Å². The predicted molar refractivity (Wildman–Crippen MR) is 54.9 cm³/mol. The van der Waals surface area contributed by atoms with Crippen LogP contribution in [0.15, 0.2) is 28.5 Å². The Morgan fingerprint density at radius 2 is 2.40 bits per heavy atom. The van der Waals surface area contributed by atoms with Crippen molar-refractivity contribution in [1.29, 1.82) is 0 Å². The first-order valence-corrected chi connectivity index (χ1v) is 4.61. The van der Waals surface area contributed by atoms with Gasteiger partial charge < -0.3 is 10.2 Å². The second kappa shape index (κ2) is 2.70. The summed E-state index contributed by atoms with van der Waals surface area (Å²) in [5, 5.41) is 0.934. The lowest BCUT2D eigenvalue weighted by atomic mass is 10.2. The van der Waals surface area contributed by atoms with Gasteiger partial charge in [0.15, 0.2) is 0 Å². The second-order valence-corrected chi connectivity index (χ2v) is 3.52. The molecule has 74 valence electrons. The molecule has 1 aliphatic carbocycles. The van der Waals surface area contributed by atoms with Crippen LogP contribution in [0.3, 0.4) is 0 Å². The van der Waals surface area contributed by atoms with Gasteiger partial charge in [-0.25, -0.2) is 0 Å². The Hall–Kier alpha value is -2.10. The van der Waals surface area contributed by atoms with E-state index >= 15 is 0 Å². The number of pyridine rings is 1. The third-order valence-corrected chi connectivity index (χ3v) is 2.59. The minimum Gasteiger partial charge on any atom is -0.460 e. The number of rotatable bonds is 1. The summed E-state index contributed by atoms with van der Waals surface area (Å²) in [6.45, 7) is 0. The van der Waals surface area contributed by atoms with E-state index in [9.17, 15) is 4.79 Å². The first-order valence-electron chi connectivity index (χ1n) is 4.61. The largest absolute Gasteiger partial charge is 0.460 e. The molecule has 4 heteroatoms. The fourth-order valence-corrected chi connectivity index (χ4v) is 1.86. The highest BCUT2D eigenvalue weighted by atomic mass is 16.3. The molecule has 0 aliphatic heterocycles. The van der Waals surface area contributed by atoms with Crippen LogP contribution in [0.25, 0.3) is 17.0 Å². The highest BCUT2D eigenvalue weighted by molar-refractivity contribution is 6.02. The molecule has 1 amide bonds. The number of carbonyl (C=O) groups is 1. The number of hydrogen-bond donors (Lipinski definition) is 1. The molecule has 0 fully saturated rings. The number of furan rings is 1. The third-order valence-electron chi connectivity index (χ3n) is 2.59. The molecule has 2 heterocycles. The SMILES string of the molecule is NC(=O)C1=Cc2c(oc3ccncc23)C1. The van der Waals surface area contributed by atoms with Crippen molar-refractivity contribution in [2.75, 3.05) is 0 Å². The summed E-state index contributed by atoms with van der Waals surface area (Å²) in [7, 11) is 0. The van der Waals surface area contributed by atoms with Gasteiger partial charge in [0.2, 0.25) is 5.91 Å². The van der Waals surface area contributed by atoms with E-state index in [2.05, 4.69) is 4.98 Å². The number of nitrogens with zero attached hydrogens (tertiary/aromatic N) is 1. The first-order chi connectivity index (χ1) is 7.25. The monoisotopic (exact) mass is 200 g/mol. The van der Waals surface area contributed by atoms with Crippen LogP contribution in [0, 0.1) is 0 Å². The van der Waals surface area contributed by atoms with Crippen LogP contribution in [-0.2, 0) is 11.2 Å². The number of hydrogen-bond acceptors (Lipinski definition) is 3. The van der Waals surface area contributed by atoms with E-state index in [4.69, 9.17) is 10.2 Å². The molecular weight excluding hydrogens is 192 g/mol. The van der Waals surface area contributed by atoms with E-state index < -0.39 is 5.91 Å². The van der Waals surface area contributed by atoms with Crippen molar-refractivity contribution in [3.8, 4) is 0 Å². The predicted octanol–water partition coefficient (Wildman–Crippen LogP) is 1.25. The number of amides is 1. The molecule has 3 rings (SSSR count). The molecular formula is C11H8N2O2.